The molecule has 0 aliphatic carbocycles. The summed E-state index contributed by atoms with van der Waals surface area (Å²) in [5.74, 6) is -1.21. The number of aryl methyl sites for hydroxylation is 2. The van der Waals surface area contributed by atoms with Gasteiger partial charge in [0.2, 0.25) is 0 Å². The van der Waals surface area contributed by atoms with E-state index in [9.17, 15) is 8.78 Å². The van der Waals surface area contributed by atoms with Crippen molar-refractivity contribution in [2.24, 2.45) is 0 Å². The first-order valence-corrected chi connectivity index (χ1v) is 6.89. The largest absolute Gasteiger partial charge is 0.378 e. The molecule has 1 N–H and O–H groups in total. The van der Waals surface area contributed by atoms with E-state index in [1.54, 1.807) is 11.3 Å². The number of benzene rings is 1. The molecule has 2 aromatic rings. The van der Waals surface area contributed by atoms with Gasteiger partial charge >= 0.3 is 0 Å². The smallest absolute Gasteiger partial charge is 0.149 e. The Morgan fingerprint density at radius 2 is 2.00 bits per heavy atom. The van der Waals surface area contributed by atoms with E-state index in [0.29, 0.717) is 6.54 Å². The molecule has 18 heavy (non-hydrogen) atoms. The van der Waals surface area contributed by atoms with Crippen LogP contribution in [0.5, 0.6) is 0 Å². The van der Waals surface area contributed by atoms with E-state index in [0.717, 1.165) is 21.6 Å². The standard InChI is InChI=1S/C12H11BrF2N2S/c1-6-12(18-7(2)17-6)5-16-11-3-8(13)9(14)4-10(11)15/h3-4,16H,5H2,1-2H3. The molecule has 6 heteroatoms. The minimum absolute atomic E-state index is 0.239. The summed E-state index contributed by atoms with van der Waals surface area (Å²) in [6.07, 6.45) is 0. The predicted molar refractivity (Wildman–Crippen MR) is 73.0 cm³/mol. The molecule has 0 radical (unpaired) electrons. The third-order valence-corrected chi connectivity index (χ3v) is 4.13. The van der Waals surface area contributed by atoms with Gasteiger partial charge in [0.1, 0.15) is 11.6 Å². The third-order valence-electron chi connectivity index (χ3n) is 2.45. The summed E-state index contributed by atoms with van der Waals surface area (Å²) in [5.41, 5.74) is 1.21. The van der Waals surface area contributed by atoms with Crippen molar-refractivity contribution < 1.29 is 8.78 Å². The van der Waals surface area contributed by atoms with Crippen LogP contribution < -0.4 is 5.32 Å². The molecule has 0 aliphatic rings. The molecule has 1 aromatic carbocycles. The number of thiazole rings is 1. The van der Waals surface area contributed by atoms with Crippen molar-refractivity contribution in [3.05, 3.63) is 43.8 Å². The monoisotopic (exact) mass is 332 g/mol. The number of hydrogen-bond acceptors (Lipinski definition) is 3. The Bertz CT molecular complexity index is 584. The Hall–Kier alpha value is -1.01. The van der Waals surface area contributed by atoms with Gasteiger partial charge in [-0.3, -0.25) is 0 Å². The average Bonchev–Trinajstić information content (AvgIpc) is 2.61. The van der Waals surface area contributed by atoms with Gasteiger partial charge in [-0.1, -0.05) is 0 Å². The fourth-order valence-corrected chi connectivity index (χ4v) is 2.79. The summed E-state index contributed by atoms with van der Waals surface area (Å²) in [7, 11) is 0. The van der Waals surface area contributed by atoms with Crippen LogP contribution in [0.25, 0.3) is 0 Å². The van der Waals surface area contributed by atoms with Crippen LogP contribution in [0.3, 0.4) is 0 Å². The molecular formula is C12H11BrF2N2S. The highest BCUT2D eigenvalue weighted by Gasteiger charge is 2.09. The number of halogens is 3. The zero-order valence-corrected chi connectivity index (χ0v) is 12.3. The molecule has 1 heterocycles. The van der Waals surface area contributed by atoms with Gasteiger partial charge in [-0.25, -0.2) is 13.8 Å². The van der Waals surface area contributed by atoms with Crippen LogP contribution >= 0.6 is 27.3 Å². The summed E-state index contributed by atoms with van der Waals surface area (Å²) in [4.78, 5) is 5.34. The average molecular weight is 333 g/mol. The highest BCUT2D eigenvalue weighted by atomic mass is 79.9. The summed E-state index contributed by atoms with van der Waals surface area (Å²) >= 11 is 4.60. The lowest BCUT2D eigenvalue weighted by Crippen LogP contribution is -2.02. The van der Waals surface area contributed by atoms with E-state index in [1.807, 2.05) is 13.8 Å². The lowest BCUT2D eigenvalue weighted by atomic mass is 10.3. The van der Waals surface area contributed by atoms with Gasteiger partial charge in [-0.15, -0.1) is 11.3 Å². The van der Waals surface area contributed by atoms with Gasteiger partial charge in [-0.2, -0.15) is 0 Å². The van der Waals surface area contributed by atoms with E-state index >= 15 is 0 Å². The maximum atomic E-state index is 13.5. The van der Waals surface area contributed by atoms with Crippen molar-refractivity contribution in [2.75, 3.05) is 5.32 Å². The zero-order chi connectivity index (χ0) is 13.3. The fourth-order valence-electron chi connectivity index (χ4n) is 1.57. The highest BCUT2D eigenvalue weighted by Crippen LogP contribution is 2.25. The summed E-state index contributed by atoms with van der Waals surface area (Å²) in [5, 5.41) is 3.93. The van der Waals surface area contributed by atoms with Crippen molar-refractivity contribution in [2.45, 2.75) is 20.4 Å². The Balaban J connectivity index is 2.15. The topological polar surface area (TPSA) is 24.9 Å². The van der Waals surface area contributed by atoms with Crippen LogP contribution in [-0.2, 0) is 6.54 Å². The van der Waals surface area contributed by atoms with Crippen molar-refractivity contribution in [3.63, 3.8) is 0 Å². The molecule has 0 saturated heterocycles. The van der Waals surface area contributed by atoms with Crippen LogP contribution in [0, 0.1) is 25.5 Å². The summed E-state index contributed by atoms with van der Waals surface area (Å²) in [6, 6.07) is 2.26. The predicted octanol–water partition coefficient (Wildman–Crippen LogP) is 4.41. The molecule has 0 spiro atoms. The Morgan fingerprint density at radius 1 is 1.28 bits per heavy atom. The number of hydrogen-bond donors (Lipinski definition) is 1. The first kappa shape index (κ1) is 13.4. The number of nitrogens with one attached hydrogen (secondary N) is 1. The third kappa shape index (κ3) is 2.87. The second kappa shape index (κ2) is 5.32. The maximum Gasteiger partial charge on any atom is 0.149 e. The second-order valence-electron chi connectivity index (χ2n) is 3.84. The van der Waals surface area contributed by atoms with Crippen molar-refractivity contribution >= 4 is 33.0 Å². The molecule has 96 valence electrons. The van der Waals surface area contributed by atoms with Crippen molar-refractivity contribution in [1.29, 1.82) is 0 Å². The molecule has 1 aromatic heterocycles. The molecule has 0 aliphatic heterocycles. The van der Waals surface area contributed by atoms with Gasteiger partial charge in [-0.05, 0) is 35.8 Å². The molecular weight excluding hydrogens is 322 g/mol. The molecule has 2 nitrogen and oxygen atoms in total. The molecule has 0 unspecified atom stereocenters. The number of nitrogens with zero attached hydrogens (tertiary/aromatic N) is 1. The Labute approximate surface area is 116 Å². The Kier molecular flexibility index (Phi) is 3.97. The number of aromatic nitrogens is 1. The zero-order valence-electron chi connectivity index (χ0n) is 9.85. The van der Waals surface area contributed by atoms with Crippen LogP contribution in [0.2, 0.25) is 0 Å². The first-order chi connectivity index (χ1) is 8.47. The lowest BCUT2D eigenvalue weighted by Gasteiger charge is -2.07. The molecule has 0 bridgehead atoms. The number of anilines is 1. The number of rotatable bonds is 3. The van der Waals surface area contributed by atoms with Gasteiger partial charge in [0.25, 0.3) is 0 Å². The molecule has 0 saturated carbocycles. The van der Waals surface area contributed by atoms with E-state index in [-0.39, 0.29) is 10.2 Å². The van der Waals surface area contributed by atoms with Crippen molar-refractivity contribution in [1.82, 2.24) is 4.98 Å². The van der Waals surface area contributed by atoms with Crippen LogP contribution in [0.1, 0.15) is 15.6 Å². The Morgan fingerprint density at radius 3 is 2.61 bits per heavy atom. The SMILES string of the molecule is Cc1nc(C)c(CNc2cc(Br)c(F)cc2F)s1. The normalized spacial score (nSPS) is 10.7. The van der Waals surface area contributed by atoms with Gasteiger partial charge in [0.15, 0.2) is 0 Å². The second-order valence-corrected chi connectivity index (χ2v) is 5.98. The van der Waals surface area contributed by atoms with Crippen LogP contribution in [0.15, 0.2) is 16.6 Å². The molecule has 0 amide bonds. The minimum Gasteiger partial charge on any atom is -0.378 e. The van der Waals surface area contributed by atoms with Crippen LogP contribution in [0.4, 0.5) is 14.5 Å². The molecule has 0 atom stereocenters. The fraction of sp³-hybridized carbons (Fsp3) is 0.250. The van der Waals surface area contributed by atoms with E-state index in [2.05, 4.69) is 26.2 Å². The van der Waals surface area contributed by atoms with Crippen molar-refractivity contribution in [3.8, 4) is 0 Å². The van der Waals surface area contributed by atoms with E-state index in [4.69, 9.17) is 0 Å². The van der Waals surface area contributed by atoms with Gasteiger partial charge in [0, 0.05) is 10.9 Å². The maximum absolute atomic E-state index is 13.5. The van der Waals surface area contributed by atoms with Gasteiger partial charge in [0.05, 0.1) is 27.4 Å². The quantitative estimate of drug-likeness (QED) is 0.842. The molecule has 2 rings (SSSR count). The van der Waals surface area contributed by atoms with Gasteiger partial charge < -0.3 is 5.32 Å². The lowest BCUT2D eigenvalue weighted by molar-refractivity contribution is 0.580. The summed E-state index contributed by atoms with van der Waals surface area (Å²) < 4.78 is 26.8. The van der Waals surface area contributed by atoms with E-state index in [1.165, 1.54) is 6.07 Å². The van der Waals surface area contributed by atoms with E-state index < -0.39 is 11.6 Å². The highest BCUT2D eigenvalue weighted by molar-refractivity contribution is 9.10. The van der Waals surface area contributed by atoms with Crippen LogP contribution in [-0.4, -0.2) is 4.98 Å². The minimum atomic E-state index is -0.608. The molecule has 0 fully saturated rings. The first-order valence-electron chi connectivity index (χ1n) is 5.28. The summed E-state index contributed by atoms with van der Waals surface area (Å²) in [6.45, 7) is 4.32.